The number of carbonyl (C=O) groups is 2. The quantitative estimate of drug-likeness (QED) is 0.212. The van der Waals surface area contributed by atoms with Crippen LogP contribution in [-0.2, 0) is 21.6 Å². The van der Waals surface area contributed by atoms with Gasteiger partial charge in [-0.05, 0) is 44.5 Å². The Morgan fingerprint density at radius 1 is 0.800 bits per heavy atom. The molecule has 0 aliphatic rings. The second-order valence-electron chi connectivity index (χ2n) is 10.4. The molecule has 4 rings (SSSR count). The van der Waals surface area contributed by atoms with Gasteiger partial charge < -0.3 is 19.9 Å². The molecule has 6 nitrogen and oxygen atoms in total. The molecule has 1 amide bonds. The first kappa shape index (κ1) is 28.7. The fraction of sp³-hybridized carbons (Fsp3) is 0.212. The van der Waals surface area contributed by atoms with Crippen LogP contribution < -0.4 is 10.1 Å². The van der Waals surface area contributed by atoms with E-state index in [4.69, 9.17) is 21.1 Å². The molecule has 0 aliphatic carbocycles. The number of carboxylic acids is 1. The van der Waals surface area contributed by atoms with Crippen molar-refractivity contribution in [3.63, 3.8) is 0 Å². The van der Waals surface area contributed by atoms with Crippen LogP contribution in [0.4, 0.5) is 4.79 Å². The Morgan fingerprint density at radius 2 is 1.32 bits per heavy atom. The first-order valence-electron chi connectivity index (χ1n) is 12.9. The lowest BCUT2D eigenvalue weighted by atomic mass is 9.80. The van der Waals surface area contributed by atoms with E-state index in [1.54, 1.807) is 45.0 Å². The molecule has 0 saturated carbocycles. The Kier molecular flexibility index (Phi) is 8.80. The van der Waals surface area contributed by atoms with Crippen molar-refractivity contribution in [2.45, 2.75) is 44.4 Å². The van der Waals surface area contributed by atoms with Crippen LogP contribution in [0.2, 0.25) is 5.02 Å². The summed E-state index contributed by atoms with van der Waals surface area (Å²) >= 11 is 6.79. The number of aliphatic carboxylic acids is 1. The highest BCUT2D eigenvalue weighted by Gasteiger charge is 2.40. The molecule has 0 spiro atoms. The van der Waals surface area contributed by atoms with Crippen LogP contribution in [0.3, 0.4) is 0 Å². The summed E-state index contributed by atoms with van der Waals surface area (Å²) in [6.07, 6.45) is -0.711. The van der Waals surface area contributed by atoms with Gasteiger partial charge in [-0.25, -0.2) is 9.59 Å². The first-order valence-corrected chi connectivity index (χ1v) is 13.3. The zero-order valence-electron chi connectivity index (χ0n) is 22.6. The molecule has 0 bridgehead atoms. The van der Waals surface area contributed by atoms with Gasteiger partial charge in [-0.15, -0.1) is 0 Å². The number of alkyl carbamates (subject to hydrolysis) is 1. The monoisotopic (exact) mass is 557 g/mol. The van der Waals surface area contributed by atoms with Crippen molar-refractivity contribution in [3.05, 3.63) is 136 Å². The number of hydrogen-bond acceptors (Lipinski definition) is 4. The summed E-state index contributed by atoms with van der Waals surface area (Å²) in [5.74, 6) is -0.597. The van der Waals surface area contributed by atoms with Gasteiger partial charge in [0.15, 0.2) is 5.60 Å². The minimum atomic E-state index is -1.16. The first-order chi connectivity index (χ1) is 19.1. The summed E-state index contributed by atoms with van der Waals surface area (Å²) in [4.78, 5) is 24.0. The molecule has 0 radical (unpaired) electrons. The number of nitrogens with one attached hydrogen (secondary N) is 1. The number of amides is 1. The zero-order valence-corrected chi connectivity index (χ0v) is 23.4. The molecular formula is C33H32ClNO5. The smallest absolute Gasteiger partial charge is 0.408 e. The van der Waals surface area contributed by atoms with Gasteiger partial charge in [0.1, 0.15) is 17.4 Å². The van der Waals surface area contributed by atoms with Crippen molar-refractivity contribution in [2.75, 3.05) is 0 Å². The van der Waals surface area contributed by atoms with Gasteiger partial charge in [-0.1, -0.05) is 103 Å². The minimum Gasteiger partial charge on any atom is -0.480 e. The van der Waals surface area contributed by atoms with Gasteiger partial charge in [-0.3, -0.25) is 0 Å². The fourth-order valence-corrected chi connectivity index (χ4v) is 4.77. The maximum atomic E-state index is 12.2. The number of carboxylic acid groups (broad SMARTS) is 1. The molecule has 0 aromatic heterocycles. The number of ether oxygens (including phenoxy) is 2. The lowest BCUT2D eigenvalue weighted by Crippen LogP contribution is -2.44. The van der Waals surface area contributed by atoms with Gasteiger partial charge in [0.05, 0.1) is 0 Å². The third-order valence-electron chi connectivity index (χ3n) is 6.24. The Labute approximate surface area is 239 Å². The number of hydrogen-bond donors (Lipinski definition) is 2. The van der Waals surface area contributed by atoms with E-state index in [0.29, 0.717) is 16.3 Å². The summed E-state index contributed by atoms with van der Waals surface area (Å²) in [6, 6.07) is 33.4. The summed E-state index contributed by atoms with van der Waals surface area (Å²) in [5.41, 5.74) is 1.48. The third kappa shape index (κ3) is 6.82. The Hall–Kier alpha value is -4.29. The highest BCUT2D eigenvalue weighted by molar-refractivity contribution is 6.31. The Bertz CT molecular complexity index is 1390. The van der Waals surface area contributed by atoms with Crippen molar-refractivity contribution in [3.8, 4) is 5.75 Å². The molecule has 0 heterocycles. The van der Waals surface area contributed by atoms with E-state index >= 15 is 0 Å². The minimum absolute atomic E-state index is 0.0713. The molecular weight excluding hydrogens is 526 g/mol. The molecule has 1 unspecified atom stereocenters. The second-order valence-corrected chi connectivity index (χ2v) is 10.8. The SMILES string of the molecule is CC(C)(C)OC(=O)NC(Cc1ccc(OC(c2ccccc2)(c2ccccc2)c2ccccc2Cl)cc1)C(=O)O. The summed E-state index contributed by atoms with van der Waals surface area (Å²) in [5, 5.41) is 12.7. The molecule has 206 valence electrons. The molecule has 2 N–H and O–H groups in total. The molecule has 4 aromatic rings. The molecule has 1 atom stereocenters. The summed E-state index contributed by atoms with van der Waals surface area (Å²) in [7, 11) is 0. The van der Waals surface area contributed by atoms with Crippen LogP contribution in [0.15, 0.2) is 109 Å². The highest BCUT2D eigenvalue weighted by Crippen LogP contribution is 2.43. The average Bonchev–Trinajstić information content (AvgIpc) is 2.92. The zero-order chi connectivity index (χ0) is 28.8. The fourth-order valence-electron chi connectivity index (χ4n) is 4.50. The Balaban J connectivity index is 1.69. The van der Waals surface area contributed by atoms with E-state index in [2.05, 4.69) is 5.32 Å². The average molecular weight is 558 g/mol. The lowest BCUT2D eigenvalue weighted by Gasteiger charge is -2.37. The molecule has 0 fully saturated rings. The predicted octanol–water partition coefficient (Wildman–Crippen LogP) is 7.23. The highest BCUT2D eigenvalue weighted by atomic mass is 35.5. The van der Waals surface area contributed by atoms with Crippen molar-refractivity contribution < 1.29 is 24.2 Å². The van der Waals surface area contributed by atoms with Crippen LogP contribution in [0.5, 0.6) is 5.75 Å². The van der Waals surface area contributed by atoms with Crippen molar-refractivity contribution in [1.82, 2.24) is 5.32 Å². The number of rotatable bonds is 9. The van der Waals surface area contributed by atoms with Gasteiger partial charge in [-0.2, -0.15) is 0 Å². The van der Waals surface area contributed by atoms with Crippen molar-refractivity contribution in [2.24, 2.45) is 0 Å². The molecule has 7 heteroatoms. The van der Waals surface area contributed by atoms with E-state index in [1.165, 1.54) is 0 Å². The number of carbonyl (C=O) groups excluding carboxylic acids is 1. The van der Waals surface area contributed by atoms with E-state index in [9.17, 15) is 14.7 Å². The van der Waals surface area contributed by atoms with Crippen LogP contribution in [0, 0.1) is 0 Å². The molecule has 0 saturated heterocycles. The normalized spacial score (nSPS) is 12.3. The second kappa shape index (κ2) is 12.3. The van der Waals surface area contributed by atoms with E-state index in [-0.39, 0.29) is 6.42 Å². The maximum absolute atomic E-state index is 12.2. The Morgan fingerprint density at radius 3 is 1.82 bits per heavy atom. The van der Waals surface area contributed by atoms with Crippen LogP contribution in [-0.4, -0.2) is 28.8 Å². The molecule has 0 aliphatic heterocycles. The predicted molar refractivity (Wildman–Crippen MR) is 156 cm³/mol. The van der Waals surface area contributed by atoms with Crippen LogP contribution in [0.25, 0.3) is 0 Å². The van der Waals surface area contributed by atoms with Crippen LogP contribution >= 0.6 is 11.6 Å². The molecule has 4 aromatic carbocycles. The summed E-state index contributed by atoms with van der Waals surface area (Å²) < 4.78 is 12.1. The van der Waals surface area contributed by atoms with Gasteiger partial charge in [0.2, 0.25) is 0 Å². The van der Waals surface area contributed by atoms with Gasteiger partial charge in [0.25, 0.3) is 0 Å². The van der Waals surface area contributed by atoms with E-state index < -0.39 is 29.3 Å². The van der Waals surface area contributed by atoms with E-state index in [0.717, 1.165) is 16.7 Å². The number of benzene rings is 4. The van der Waals surface area contributed by atoms with E-state index in [1.807, 2.05) is 84.9 Å². The molecule has 40 heavy (non-hydrogen) atoms. The van der Waals surface area contributed by atoms with Gasteiger partial charge >= 0.3 is 12.1 Å². The van der Waals surface area contributed by atoms with Crippen LogP contribution in [0.1, 0.15) is 43.0 Å². The standard InChI is InChI=1S/C33H32ClNO5/c1-32(2,3)40-31(38)35-29(30(36)37)22-23-18-20-26(21-19-23)39-33(24-12-6-4-7-13-24,25-14-8-5-9-15-25)27-16-10-11-17-28(27)34/h4-21,29H,22H2,1-3H3,(H,35,38)(H,36,37). The lowest BCUT2D eigenvalue weighted by molar-refractivity contribution is -0.139. The van der Waals surface area contributed by atoms with Crippen molar-refractivity contribution >= 4 is 23.7 Å². The summed E-state index contributed by atoms with van der Waals surface area (Å²) in [6.45, 7) is 5.15. The van der Waals surface area contributed by atoms with Gasteiger partial charge in [0, 0.05) is 28.1 Å². The maximum Gasteiger partial charge on any atom is 0.408 e. The number of halogens is 1. The van der Waals surface area contributed by atoms with Crippen molar-refractivity contribution in [1.29, 1.82) is 0 Å². The third-order valence-corrected chi connectivity index (χ3v) is 6.57. The topological polar surface area (TPSA) is 84.9 Å². The largest absolute Gasteiger partial charge is 0.480 e.